The molecule has 1 aliphatic carbocycles. The molecule has 0 atom stereocenters. The van der Waals surface area contributed by atoms with Crippen molar-refractivity contribution in [3.05, 3.63) is 39.4 Å². The lowest BCUT2D eigenvalue weighted by molar-refractivity contribution is -0.384. The molecule has 0 aromatic heterocycles. The quantitative estimate of drug-likeness (QED) is 0.467. The van der Waals surface area contributed by atoms with Crippen LogP contribution in [0.4, 0.5) is 5.69 Å². The van der Waals surface area contributed by atoms with Crippen LogP contribution in [0.3, 0.4) is 0 Å². The number of carboxylic acid groups (broad SMARTS) is 2. The summed E-state index contributed by atoms with van der Waals surface area (Å²) in [7, 11) is 0. The Hall–Kier alpha value is -2.44. The highest BCUT2D eigenvalue weighted by Gasteiger charge is 2.51. The van der Waals surface area contributed by atoms with Gasteiger partial charge < -0.3 is 10.2 Å². The largest absolute Gasteiger partial charge is 0.480 e. The summed E-state index contributed by atoms with van der Waals surface area (Å²) in [5.41, 5.74) is -1.13. The SMILES string of the molecule is O=C(O)C1(C(=O)O)Cc2ccc([N+](=O)[O-])cc2C1. The molecular weight excluding hydrogens is 242 g/mol. The second-order valence-corrected chi connectivity index (χ2v) is 4.26. The van der Waals surface area contributed by atoms with Gasteiger partial charge in [-0.2, -0.15) is 0 Å². The Kier molecular flexibility index (Phi) is 2.54. The molecule has 0 radical (unpaired) electrons. The van der Waals surface area contributed by atoms with E-state index in [-0.39, 0.29) is 18.5 Å². The van der Waals surface area contributed by atoms with Crippen LogP contribution in [0.25, 0.3) is 0 Å². The van der Waals surface area contributed by atoms with Crippen LogP contribution in [0.1, 0.15) is 11.1 Å². The van der Waals surface area contributed by atoms with E-state index < -0.39 is 22.3 Å². The van der Waals surface area contributed by atoms with Gasteiger partial charge in [-0.25, -0.2) is 0 Å². The second-order valence-electron chi connectivity index (χ2n) is 4.26. The molecule has 0 heterocycles. The molecule has 7 nitrogen and oxygen atoms in total. The number of nitrogens with zero attached hydrogens (tertiary/aromatic N) is 1. The van der Waals surface area contributed by atoms with Crippen LogP contribution in [-0.4, -0.2) is 27.1 Å². The van der Waals surface area contributed by atoms with Crippen LogP contribution < -0.4 is 0 Å². The fourth-order valence-corrected chi connectivity index (χ4v) is 2.17. The van der Waals surface area contributed by atoms with E-state index in [0.717, 1.165) is 0 Å². The van der Waals surface area contributed by atoms with Crippen molar-refractivity contribution in [2.75, 3.05) is 0 Å². The van der Waals surface area contributed by atoms with E-state index in [1.54, 1.807) is 0 Å². The summed E-state index contributed by atoms with van der Waals surface area (Å²) < 4.78 is 0. The van der Waals surface area contributed by atoms with Crippen LogP contribution in [0.15, 0.2) is 18.2 Å². The average Bonchev–Trinajstić information content (AvgIpc) is 2.68. The highest BCUT2D eigenvalue weighted by atomic mass is 16.6. The molecule has 1 aromatic rings. The number of benzene rings is 1. The van der Waals surface area contributed by atoms with Gasteiger partial charge in [-0.15, -0.1) is 0 Å². The molecule has 0 saturated heterocycles. The van der Waals surface area contributed by atoms with Gasteiger partial charge in [-0.3, -0.25) is 19.7 Å². The van der Waals surface area contributed by atoms with E-state index in [4.69, 9.17) is 10.2 Å². The first-order chi connectivity index (χ1) is 8.36. The van der Waals surface area contributed by atoms with Crippen molar-refractivity contribution in [2.24, 2.45) is 5.41 Å². The van der Waals surface area contributed by atoms with E-state index in [2.05, 4.69) is 0 Å². The molecule has 2 rings (SSSR count). The molecule has 94 valence electrons. The summed E-state index contributed by atoms with van der Waals surface area (Å²) >= 11 is 0. The lowest BCUT2D eigenvalue weighted by atomic mass is 9.85. The van der Waals surface area contributed by atoms with Crippen LogP contribution in [0.2, 0.25) is 0 Å². The van der Waals surface area contributed by atoms with Crippen molar-refractivity contribution < 1.29 is 24.7 Å². The molecule has 0 fully saturated rings. The molecule has 0 saturated carbocycles. The van der Waals surface area contributed by atoms with Gasteiger partial charge in [0.15, 0.2) is 5.41 Å². The number of hydrogen-bond acceptors (Lipinski definition) is 4. The van der Waals surface area contributed by atoms with Crippen molar-refractivity contribution in [1.29, 1.82) is 0 Å². The normalized spacial score (nSPS) is 16.0. The number of hydrogen-bond donors (Lipinski definition) is 2. The molecule has 2 N–H and O–H groups in total. The van der Waals surface area contributed by atoms with Crippen molar-refractivity contribution in [3.63, 3.8) is 0 Å². The Labute approximate surface area is 101 Å². The molecule has 0 unspecified atom stereocenters. The smallest absolute Gasteiger partial charge is 0.321 e. The monoisotopic (exact) mass is 251 g/mol. The van der Waals surface area contributed by atoms with Crippen molar-refractivity contribution in [3.8, 4) is 0 Å². The zero-order chi connectivity index (χ0) is 13.5. The predicted octanol–water partition coefficient (Wildman–Crippen LogP) is 0.849. The summed E-state index contributed by atoms with van der Waals surface area (Å²) in [6, 6.07) is 3.91. The first-order valence-corrected chi connectivity index (χ1v) is 5.10. The first kappa shape index (κ1) is 12.0. The summed E-state index contributed by atoms with van der Waals surface area (Å²) in [5.74, 6) is -2.84. The zero-order valence-electron chi connectivity index (χ0n) is 9.12. The van der Waals surface area contributed by atoms with E-state index in [1.807, 2.05) is 0 Å². The summed E-state index contributed by atoms with van der Waals surface area (Å²) in [4.78, 5) is 32.3. The average molecular weight is 251 g/mol. The standard InChI is InChI=1S/C11H9NO6/c13-9(14)11(10(15)16)4-6-1-2-8(12(17)18)3-7(6)5-11/h1-3H,4-5H2,(H,13,14)(H,15,16). The third-order valence-corrected chi connectivity index (χ3v) is 3.20. The summed E-state index contributed by atoms with van der Waals surface area (Å²) in [6.07, 6.45) is -0.375. The van der Waals surface area contributed by atoms with Crippen molar-refractivity contribution in [2.45, 2.75) is 12.8 Å². The van der Waals surface area contributed by atoms with E-state index in [1.165, 1.54) is 18.2 Å². The lowest BCUT2D eigenvalue weighted by Gasteiger charge is -2.17. The maximum Gasteiger partial charge on any atom is 0.321 e. The number of fused-ring (bicyclic) bond motifs is 1. The fraction of sp³-hybridized carbons (Fsp3) is 0.273. The summed E-state index contributed by atoms with van der Waals surface area (Å²) in [5, 5.41) is 28.7. The number of aliphatic carboxylic acids is 2. The maximum atomic E-state index is 11.1. The van der Waals surface area contributed by atoms with E-state index in [9.17, 15) is 19.7 Å². The van der Waals surface area contributed by atoms with Crippen molar-refractivity contribution >= 4 is 17.6 Å². The number of non-ortho nitro benzene ring substituents is 1. The second kappa shape index (κ2) is 3.80. The molecule has 0 aliphatic heterocycles. The first-order valence-electron chi connectivity index (χ1n) is 5.10. The predicted molar refractivity (Wildman–Crippen MR) is 58.2 cm³/mol. The zero-order valence-corrected chi connectivity index (χ0v) is 9.12. The molecule has 1 aliphatic rings. The molecule has 18 heavy (non-hydrogen) atoms. The number of carbonyl (C=O) groups is 2. The summed E-state index contributed by atoms with van der Waals surface area (Å²) in [6.45, 7) is 0. The minimum absolute atomic E-state index is 0.148. The third-order valence-electron chi connectivity index (χ3n) is 3.20. The van der Waals surface area contributed by atoms with E-state index >= 15 is 0 Å². The van der Waals surface area contributed by atoms with Crippen LogP contribution in [0, 0.1) is 15.5 Å². The van der Waals surface area contributed by atoms with Crippen LogP contribution in [-0.2, 0) is 22.4 Å². The Balaban J connectivity index is 2.46. The number of nitro groups is 1. The highest BCUT2D eigenvalue weighted by Crippen LogP contribution is 2.39. The Morgan fingerprint density at radius 1 is 1.17 bits per heavy atom. The Morgan fingerprint density at radius 3 is 2.22 bits per heavy atom. The lowest BCUT2D eigenvalue weighted by Crippen LogP contribution is -2.40. The molecular formula is C11H9NO6. The van der Waals surface area contributed by atoms with Gasteiger partial charge in [0, 0.05) is 18.6 Å². The van der Waals surface area contributed by atoms with Gasteiger partial charge in [-0.05, 0) is 17.5 Å². The number of carboxylic acids is 2. The highest BCUT2D eigenvalue weighted by molar-refractivity contribution is 5.99. The van der Waals surface area contributed by atoms with Gasteiger partial charge in [0.1, 0.15) is 0 Å². The van der Waals surface area contributed by atoms with E-state index in [0.29, 0.717) is 11.1 Å². The number of rotatable bonds is 3. The van der Waals surface area contributed by atoms with Crippen LogP contribution >= 0.6 is 0 Å². The van der Waals surface area contributed by atoms with Crippen molar-refractivity contribution in [1.82, 2.24) is 0 Å². The third kappa shape index (κ3) is 1.60. The number of nitro benzene ring substituents is 1. The van der Waals surface area contributed by atoms with Gasteiger partial charge in [-0.1, -0.05) is 6.07 Å². The van der Waals surface area contributed by atoms with Gasteiger partial charge in [0.2, 0.25) is 0 Å². The molecule has 0 spiro atoms. The van der Waals surface area contributed by atoms with Gasteiger partial charge >= 0.3 is 11.9 Å². The topological polar surface area (TPSA) is 118 Å². The fourth-order valence-electron chi connectivity index (χ4n) is 2.17. The molecule has 1 aromatic carbocycles. The molecule has 0 bridgehead atoms. The van der Waals surface area contributed by atoms with Gasteiger partial charge in [0.25, 0.3) is 5.69 Å². The minimum atomic E-state index is -1.91. The minimum Gasteiger partial charge on any atom is -0.480 e. The molecule has 7 heteroatoms. The Bertz CT molecular complexity index is 551. The van der Waals surface area contributed by atoms with Crippen LogP contribution in [0.5, 0.6) is 0 Å². The Morgan fingerprint density at radius 2 is 1.72 bits per heavy atom. The molecule has 0 amide bonds. The van der Waals surface area contributed by atoms with Gasteiger partial charge in [0.05, 0.1) is 4.92 Å². The maximum absolute atomic E-state index is 11.1.